The normalized spacial score (nSPS) is 14.7. The lowest BCUT2D eigenvalue weighted by molar-refractivity contribution is 0.0704. The van der Waals surface area contributed by atoms with Crippen molar-refractivity contribution < 1.29 is 9.32 Å². The third-order valence-electron chi connectivity index (χ3n) is 5.61. The fourth-order valence-electron chi connectivity index (χ4n) is 3.85. The average Bonchev–Trinajstić information content (AvgIpc) is 3.52. The van der Waals surface area contributed by atoms with Gasteiger partial charge in [-0.05, 0) is 42.3 Å². The van der Waals surface area contributed by atoms with Crippen LogP contribution in [0, 0.1) is 6.92 Å². The van der Waals surface area contributed by atoms with Crippen LogP contribution < -0.4 is 0 Å². The zero-order valence-electron chi connectivity index (χ0n) is 17.0. The van der Waals surface area contributed by atoms with Gasteiger partial charge >= 0.3 is 0 Å². The molecule has 0 atom stereocenters. The standard InChI is InChI=1S/C22H21N7O2/c1-15-6-8-16(9-7-15)20-24-21(31-25-20)17-10-12-28(13-11-17)22(30)18-4-2-3-5-19(18)29-14-23-26-27-29/h2-9,14,17H,10-13H2,1H3. The zero-order valence-corrected chi connectivity index (χ0v) is 17.0. The van der Waals surface area contributed by atoms with Crippen molar-refractivity contribution in [3.63, 3.8) is 0 Å². The average molecular weight is 415 g/mol. The number of hydrogen-bond donors (Lipinski definition) is 0. The van der Waals surface area contributed by atoms with E-state index in [2.05, 4.69) is 25.7 Å². The number of para-hydroxylation sites is 1. The fourth-order valence-corrected chi connectivity index (χ4v) is 3.85. The number of rotatable bonds is 4. The first-order chi connectivity index (χ1) is 15.2. The van der Waals surface area contributed by atoms with Gasteiger partial charge < -0.3 is 9.42 Å². The van der Waals surface area contributed by atoms with E-state index in [1.54, 1.807) is 6.07 Å². The molecule has 3 heterocycles. The van der Waals surface area contributed by atoms with Crippen LogP contribution in [0.1, 0.15) is 40.6 Å². The van der Waals surface area contributed by atoms with Gasteiger partial charge in [0.15, 0.2) is 0 Å². The van der Waals surface area contributed by atoms with Crippen LogP contribution in [0.15, 0.2) is 59.4 Å². The molecule has 5 rings (SSSR count). The molecule has 0 radical (unpaired) electrons. The van der Waals surface area contributed by atoms with E-state index in [1.807, 2.05) is 54.3 Å². The number of nitrogens with zero attached hydrogens (tertiary/aromatic N) is 7. The van der Waals surface area contributed by atoms with E-state index in [9.17, 15) is 4.79 Å². The van der Waals surface area contributed by atoms with Crippen LogP contribution >= 0.6 is 0 Å². The molecule has 4 aromatic rings. The molecule has 2 aromatic carbocycles. The van der Waals surface area contributed by atoms with E-state index in [-0.39, 0.29) is 11.8 Å². The molecule has 0 N–H and O–H groups in total. The largest absolute Gasteiger partial charge is 0.339 e. The summed E-state index contributed by atoms with van der Waals surface area (Å²) in [5.41, 5.74) is 3.37. The Labute approximate surface area is 178 Å². The summed E-state index contributed by atoms with van der Waals surface area (Å²) < 4.78 is 7.05. The number of aromatic nitrogens is 6. The van der Waals surface area contributed by atoms with Crippen molar-refractivity contribution in [3.05, 3.63) is 71.9 Å². The Morgan fingerprint density at radius 3 is 2.58 bits per heavy atom. The predicted octanol–water partition coefficient (Wildman–Crippen LogP) is 3.04. The molecule has 9 nitrogen and oxygen atoms in total. The van der Waals surface area contributed by atoms with E-state index in [1.165, 1.54) is 16.6 Å². The lowest BCUT2D eigenvalue weighted by Crippen LogP contribution is -2.38. The Hall–Kier alpha value is -3.88. The number of hydrogen-bond acceptors (Lipinski definition) is 7. The molecule has 1 fully saturated rings. The molecule has 1 amide bonds. The highest BCUT2D eigenvalue weighted by Crippen LogP contribution is 2.29. The molecule has 1 saturated heterocycles. The summed E-state index contributed by atoms with van der Waals surface area (Å²) in [6, 6.07) is 15.4. The van der Waals surface area contributed by atoms with Crippen molar-refractivity contribution >= 4 is 5.91 Å². The van der Waals surface area contributed by atoms with Crippen molar-refractivity contribution in [1.29, 1.82) is 0 Å². The number of amides is 1. The summed E-state index contributed by atoms with van der Waals surface area (Å²) in [5.74, 6) is 1.35. The Bertz CT molecular complexity index is 1180. The number of benzene rings is 2. The van der Waals surface area contributed by atoms with Gasteiger partial charge in [-0.25, -0.2) is 0 Å². The van der Waals surface area contributed by atoms with E-state index in [0.29, 0.717) is 36.1 Å². The second-order valence-corrected chi connectivity index (χ2v) is 7.66. The van der Waals surface area contributed by atoms with Gasteiger partial charge in [-0.1, -0.05) is 47.1 Å². The van der Waals surface area contributed by atoms with Crippen molar-refractivity contribution in [3.8, 4) is 17.1 Å². The van der Waals surface area contributed by atoms with Gasteiger partial charge in [0, 0.05) is 24.6 Å². The Kier molecular flexibility index (Phi) is 4.99. The molecular formula is C22H21N7O2. The summed E-state index contributed by atoms with van der Waals surface area (Å²) in [4.78, 5) is 19.6. The summed E-state index contributed by atoms with van der Waals surface area (Å²) >= 11 is 0. The Balaban J connectivity index is 1.27. The molecule has 0 saturated carbocycles. The monoisotopic (exact) mass is 415 g/mol. The minimum Gasteiger partial charge on any atom is -0.339 e. The van der Waals surface area contributed by atoms with Gasteiger partial charge in [-0.3, -0.25) is 4.79 Å². The predicted molar refractivity (Wildman–Crippen MR) is 112 cm³/mol. The number of likely N-dealkylation sites (tertiary alicyclic amines) is 1. The van der Waals surface area contributed by atoms with E-state index in [4.69, 9.17) is 4.52 Å². The van der Waals surface area contributed by atoms with Crippen molar-refractivity contribution in [2.45, 2.75) is 25.7 Å². The van der Waals surface area contributed by atoms with E-state index >= 15 is 0 Å². The molecule has 0 bridgehead atoms. The lowest BCUT2D eigenvalue weighted by Gasteiger charge is -2.30. The molecular weight excluding hydrogens is 394 g/mol. The van der Waals surface area contributed by atoms with Gasteiger partial charge in [0.2, 0.25) is 11.7 Å². The van der Waals surface area contributed by atoms with Crippen LogP contribution in [-0.2, 0) is 0 Å². The second-order valence-electron chi connectivity index (χ2n) is 7.66. The first-order valence-electron chi connectivity index (χ1n) is 10.2. The molecule has 0 unspecified atom stereocenters. The summed E-state index contributed by atoms with van der Waals surface area (Å²) in [6.07, 6.45) is 3.03. The van der Waals surface area contributed by atoms with Gasteiger partial charge in [-0.2, -0.15) is 9.67 Å². The SMILES string of the molecule is Cc1ccc(-c2noc(C3CCN(C(=O)c4ccccc4-n4cnnn4)CC3)n2)cc1. The van der Waals surface area contributed by atoms with Gasteiger partial charge in [-0.15, -0.1) is 5.10 Å². The van der Waals surface area contributed by atoms with Crippen LogP contribution in [0.5, 0.6) is 0 Å². The molecule has 2 aromatic heterocycles. The van der Waals surface area contributed by atoms with Crippen LogP contribution in [0.2, 0.25) is 0 Å². The number of piperidine rings is 1. The molecule has 156 valence electrons. The first kappa shape index (κ1) is 19.1. The minimum absolute atomic E-state index is 0.0320. The maximum absolute atomic E-state index is 13.2. The summed E-state index contributed by atoms with van der Waals surface area (Å²) in [5, 5.41) is 15.4. The highest BCUT2D eigenvalue weighted by atomic mass is 16.5. The Morgan fingerprint density at radius 1 is 1.06 bits per heavy atom. The molecule has 31 heavy (non-hydrogen) atoms. The summed E-state index contributed by atoms with van der Waals surface area (Å²) in [7, 11) is 0. The first-order valence-corrected chi connectivity index (χ1v) is 10.2. The molecule has 0 spiro atoms. The minimum atomic E-state index is -0.0320. The smallest absolute Gasteiger partial charge is 0.256 e. The maximum atomic E-state index is 13.2. The molecule has 0 aliphatic carbocycles. The van der Waals surface area contributed by atoms with E-state index in [0.717, 1.165) is 18.4 Å². The molecule has 9 heteroatoms. The lowest BCUT2D eigenvalue weighted by atomic mass is 9.96. The highest BCUT2D eigenvalue weighted by Gasteiger charge is 2.29. The quantitative estimate of drug-likeness (QED) is 0.505. The number of carbonyl (C=O) groups is 1. The zero-order chi connectivity index (χ0) is 21.2. The van der Waals surface area contributed by atoms with Crippen molar-refractivity contribution in [1.82, 2.24) is 35.2 Å². The van der Waals surface area contributed by atoms with Crippen LogP contribution in [0.4, 0.5) is 0 Å². The number of carbonyl (C=O) groups excluding carboxylic acids is 1. The van der Waals surface area contributed by atoms with Crippen LogP contribution in [0.25, 0.3) is 17.1 Å². The summed E-state index contributed by atoms with van der Waals surface area (Å²) in [6.45, 7) is 3.28. The Morgan fingerprint density at radius 2 is 1.84 bits per heavy atom. The molecule has 1 aliphatic heterocycles. The molecule has 1 aliphatic rings. The van der Waals surface area contributed by atoms with Crippen LogP contribution in [0.3, 0.4) is 0 Å². The fraction of sp³-hybridized carbons (Fsp3) is 0.273. The van der Waals surface area contributed by atoms with Crippen molar-refractivity contribution in [2.24, 2.45) is 0 Å². The topological polar surface area (TPSA) is 103 Å². The van der Waals surface area contributed by atoms with Gasteiger partial charge in [0.1, 0.15) is 6.33 Å². The number of tetrazole rings is 1. The highest BCUT2D eigenvalue weighted by molar-refractivity contribution is 5.97. The third-order valence-corrected chi connectivity index (χ3v) is 5.61. The van der Waals surface area contributed by atoms with Gasteiger partial charge in [0.25, 0.3) is 5.91 Å². The second kappa shape index (κ2) is 8.10. The third kappa shape index (κ3) is 3.81. The van der Waals surface area contributed by atoms with E-state index < -0.39 is 0 Å². The van der Waals surface area contributed by atoms with Crippen LogP contribution in [-0.4, -0.2) is 54.2 Å². The van der Waals surface area contributed by atoms with Gasteiger partial charge in [0.05, 0.1) is 11.3 Å². The maximum Gasteiger partial charge on any atom is 0.256 e. The number of aryl methyl sites for hydroxylation is 1. The van der Waals surface area contributed by atoms with Crippen molar-refractivity contribution in [2.75, 3.05) is 13.1 Å².